The summed E-state index contributed by atoms with van der Waals surface area (Å²) in [5.41, 5.74) is 0.973. The second-order valence-electron chi connectivity index (χ2n) is 4.48. The van der Waals surface area contributed by atoms with Gasteiger partial charge in [-0.25, -0.2) is 0 Å². The molecule has 1 aliphatic rings. The summed E-state index contributed by atoms with van der Waals surface area (Å²) in [5.74, 6) is 0. The molecule has 0 spiro atoms. The zero-order chi connectivity index (χ0) is 10.7. The summed E-state index contributed by atoms with van der Waals surface area (Å²) < 4.78 is 14.4. The smallest absolute Gasteiger partial charge is 0.0990 e. The van der Waals surface area contributed by atoms with Crippen LogP contribution < -0.4 is 0 Å². The lowest BCUT2D eigenvalue weighted by Gasteiger charge is -2.35. The van der Waals surface area contributed by atoms with E-state index >= 15 is 0 Å². The van der Waals surface area contributed by atoms with Crippen molar-refractivity contribution in [1.82, 2.24) is 0 Å². The largest absolute Gasteiger partial charge is 0.250 e. The molecule has 0 radical (unpaired) electrons. The van der Waals surface area contributed by atoms with Crippen molar-refractivity contribution >= 4 is 15.9 Å². The maximum absolute atomic E-state index is 13.3. The van der Waals surface area contributed by atoms with E-state index in [4.69, 9.17) is 0 Å². The normalized spacial score (nSPS) is 20.1. The molecule has 0 nitrogen and oxygen atoms in total. The Morgan fingerprint density at radius 1 is 1.20 bits per heavy atom. The van der Waals surface area contributed by atoms with Gasteiger partial charge in [0.2, 0.25) is 0 Å². The molecule has 0 unspecified atom stereocenters. The molecule has 0 aliphatic heterocycles. The Balaban J connectivity index is 2.32. The topological polar surface area (TPSA) is 0 Å². The van der Waals surface area contributed by atoms with E-state index in [9.17, 15) is 4.39 Å². The van der Waals surface area contributed by atoms with Crippen LogP contribution in [0.25, 0.3) is 0 Å². The van der Waals surface area contributed by atoms with Gasteiger partial charge >= 0.3 is 0 Å². The fraction of sp³-hybridized carbons (Fsp3) is 0.538. The zero-order valence-electron chi connectivity index (χ0n) is 8.81. The van der Waals surface area contributed by atoms with Crippen LogP contribution in [0.1, 0.15) is 37.7 Å². The molecular formula is C13H16BrF. The molecule has 82 valence electrons. The maximum atomic E-state index is 13.3. The van der Waals surface area contributed by atoms with Crippen molar-refractivity contribution in [3.63, 3.8) is 0 Å². The number of benzene rings is 1. The summed E-state index contributed by atoms with van der Waals surface area (Å²) >= 11 is 3.46. The van der Waals surface area contributed by atoms with E-state index in [-0.39, 0.29) is 12.1 Å². The number of alkyl halides is 1. The first-order valence-electron chi connectivity index (χ1n) is 5.59. The molecule has 0 amide bonds. The van der Waals surface area contributed by atoms with Crippen LogP contribution in [0.3, 0.4) is 0 Å². The lowest BCUT2D eigenvalue weighted by molar-refractivity contribution is 0.226. The summed E-state index contributed by atoms with van der Waals surface area (Å²) in [6.45, 7) is -0.219. The molecule has 0 atom stereocenters. The van der Waals surface area contributed by atoms with Crippen LogP contribution in [0.4, 0.5) is 4.39 Å². The van der Waals surface area contributed by atoms with Gasteiger partial charge in [0.25, 0.3) is 0 Å². The quantitative estimate of drug-likeness (QED) is 0.736. The van der Waals surface area contributed by atoms with Gasteiger partial charge in [-0.15, -0.1) is 0 Å². The minimum atomic E-state index is -0.219. The highest BCUT2D eigenvalue weighted by Crippen LogP contribution is 2.40. The first-order valence-corrected chi connectivity index (χ1v) is 6.38. The second-order valence-corrected chi connectivity index (χ2v) is 5.40. The van der Waals surface area contributed by atoms with Crippen LogP contribution in [0.2, 0.25) is 0 Å². The van der Waals surface area contributed by atoms with E-state index < -0.39 is 0 Å². The van der Waals surface area contributed by atoms with Gasteiger partial charge in [0.15, 0.2) is 0 Å². The molecular weight excluding hydrogens is 255 g/mol. The highest BCUT2D eigenvalue weighted by Gasteiger charge is 2.33. The van der Waals surface area contributed by atoms with Crippen molar-refractivity contribution in [3.8, 4) is 0 Å². The third kappa shape index (κ3) is 2.25. The lowest BCUT2D eigenvalue weighted by Crippen LogP contribution is -2.31. The van der Waals surface area contributed by atoms with Gasteiger partial charge in [-0.05, 0) is 30.5 Å². The Bertz CT molecular complexity index is 329. The van der Waals surface area contributed by atoms with Crippen LogP contribution in [-0.4, -0.2) is 6.67 Å². The lowest BCUT2D eigenvalue weighted by atomic mass is 9.70. The monoisotopic (exact) mass is 270 g/mol. The van der Waals surface area contributed by atoms with Crippen molar-refractivity contribution < 1.29 is 4.39 Å². The van der Waals surface area contributed by atoms with Crippen molar-refractivity contribution in [1.29, 1.82) is 0 Å². The minimum Gasteiger partial charge on any atom is -0.250 e. The first kappa shape index (κ1) is 11.1. The van der Waals surface area contributed by atoms with Crippen LogP contribution >= 0.6 is 15.9 Å². The van der Waals surface area contributed by atoms with Gasteiger partial charge in [-0.3, -0.25) is 4.39 Å². The molecule has 0 heterocycles. The predicted octanol–water partition coefficient (Wildman–Crippen LogP) is 4.62. The van der Waals surface area contributed by atoms with Crippen LogP contribution in [0, 0.1) is 0 Å². The average molecular weight is 271 g/mol. The predicted molar refractivity (Wildman–Crippen MR) is 64.9 cm³/mol. The Labute approximate surface area is 99.0 Å². The second kappa shape index (κ2) is 4.65. The molecule has 1 aromatic carbocycles. The molecule has 0 N–H and O–H groups in total. The summed E-state index contributed by atoms with van der Waals surface area (Å²) in [6, 6.07) is 8.14. The number of rotatable bonds is 2. The third-order valence-electron chi connectivity index (χ3n) is 3.50. The van der Waals surface area contributed by atoms with Crippen LogP contribution in [0.15, 0.2) is 28.7 Å². The molecule has 1 saturated carbocycles. The van der Waals surface area contributed by atoms with E-state index in [1.165, 1.54) is 12.0 Å². The molecule has 15 heavy (non-hydrogen) atoms. The van der Waals surface area contributed by atoms with Gasteiger partial charge in [-0.2, -0.15) is 0 Å². The zero-order valence-corrected chi connectivity index (χ0v) is 10.4. The minimum absolute atomic E-state index is 0.192. The fourth-order valence-electron chi connectivity index (χ4n) is 2.55. The summed E-state index contributed by atoms with van der Waals surface area (Å²) in [7, 11) is 0. The number of halogens is 2. The van der Waals surface area contributed by atoms with Crippen molar-refractivity contribution in [2.24, 2.45) is 0 Å². The van der Waals surface area contributed by atoms with Gasteiger partial charge in [0.05, 0.1) is 6.67 Å². The van der Waals surface area contributed by atoms with E-state index in [1.54, 1.807) is 0 Å². The molecule has 0 saturated heterocycles. The van der Waals surface area contributed by atoms with Crippen molar-refractivity contribution in [2.45, 2.75) is 37.5 Å². The SMILES string of the molecule is FCC1(c2cccc(Br)c2)CCCCC1. The summed E-state index contributed by atoms with van der Waals surface area (Å²) in [6.07, 6.45) is 5.59. The van der Waals surface area contributed by atoms with E-state index in [0.29, 0.717) is 0 Å². The molecule has 0 bridgehead atoms. The van der Waals surface area contributed by atoms with Gasteiger partial charge in [0, 0.05) is 9.89 Å². The van der Waals surface area contributed by atoms with Crippen molar-refractivity contribution in [2.75, 3.05) is 6.67 Å². The first-order chi connectivity index (χ1) is 7.27. The van der Waals surface area contributed by atoms with E-state index in [1.807, 2.05) is 12.1 Å². The van der Waals surface area contributed by atoms with Gasteiger partial charge in [0.1, 0.15) is 0 Å². The Hall–Kier alpha value is -0.370. The van der Waals surface area contributed by atoms with Crippen LogP contribution in [-0.2, 0) is 5.41 Å². The molecule has 1 aromatic rings. The van der Waals surface area contributed by atoms with Crippen LogP contribution in [0.5, 0.6) is 0 Å². The van der Waals surface area contributed by atoms with E-state index in [0.717, 1.165) is 30.2 Å². The molecule has 1 aliphatic carbocycles. The van der Waals surface area contributed by atoms with Gasteiger partial charge < -0.3 is 0 Å². The maximum Gasteiger partial charge on any atom is 0.0990 e. The van der Waals surface area contributed by atoms with Gasteiger partial charge in [-0.1, -0.05) is 47.3 Å². The summed E-state index contributed by atoms with van der Waals surface area (Å²) in [4.78, 5) is 0. The van der Waals surface area contributed by atoms with E-state index in [2.05, 4.69) is 28.1 Å². The number of hydrogen-bond acceptors (Lipinski definition) is 0. The summed E-state index contributed by atoms with van der Waals surface area (Å²) in [5, 5.41) is 0. The van der Waals surface area contributed by atoms with Crippen molar-refractivity contribution in [3.05, 3.63) is 34.3 Å². The Morgan fingerprint density at radius 2 is 1.93 bits per heavy atom. The molecule has 0 aromatic heterocycles. The third-order valence-corrected chi connectivity index (χ3v) is 4.00. The Kier molecular flexibility index (Phi) is 3.45. The Morgan fingerprint density at radius 3 is 2.53 bits per heavy atom. The number of hydrogen-bond donors (Lipinski definition) is 0. The highest BCUT2D eigenvalue weighted by atomic mass is 79.9. The molecule has 2 rings (SSSR count). The fourth-order valence-corrected chi connectivity index (χ4v) is 2.95. The standard InChI is InChI=1S/C13H16BrF/c14-12-6-4-5-11(9-12)13(10-15)7-2-1-3-8-13/h4-6,9H,1-3,7-8,10H2. The molecule has 2 heteroatoms. The highest BCUT2D eigenvalue weighted by molar-refractivity contribution is 9.10. The molecule has 1 fully saturated rings. The average Bonchev–Trinajstić information content (AvgIpc) is 2.30.